The van der Waals surface area contributed by atoms with E-state index in [1.165, 1.54) is 7.11 Å². The Labute approximate surface area is 136 Å². The molecule has 3 amide bonds. The summed E-state index contributed by atoms with van der Waals surface area (Å²) in [6.45, 7) is 7.73. The summed E-state index contributed by atoms with van der Waals surface area (Å²) in [5.41, 5.74) is -0.535. The Morgan fingerprint density at radius 2 is 1.91 bits per heavy atom. The largest absolute Gasteiger partial charge is 0.469 e. The number of nitrogens with zero attached hydrogens (tertiary/aromatic N) is 3. The molecule has 0 aromatic carbocycles. The number of piperazine rings is 1. The van der Waals surface area contributed by atoms with Crippen LogP contribution in [0.15, 0.2) is 0 Å². The lowest BCUT2D eigenvalue weighted by Gasteiger charge is -2.37. The second-order valence-corrected chi connectivity index (χ2v) is 6.83. The minimum atomic E-state index is -0.535. The number of amides is 3. The SMILES string of the molecule is COC(=O)CCN1C[C@@H]2CN(C(=O)OC(C)(C)C)CCN2C1=O. The molecule has 0 N–H and O–H groups in total. The van der Waals surface area contributed by atoms with Gasteiger partial charge in [-0.25, -0.2) is 9.59 Å². The molecule has 2 heterocycles. The smallest absolute Gasteiger partial charge is 0.410 e. The van der Waals surface area contributed by atoms with Gasteiger partial charge in [-0.2, -0.15) is 0 Å². The summed E-state index contributed by atoms with van der Waals surface area (Å²) in [4.78, 5) is 40.7. The van der Waals surface area contributed by atoms with Gasteiger partial charge in [0, 0.05) is 32.7 Å². The molecule has 2 aliphatic heterocycles. The molecular formula is C15H25N3O5. The van der Waals surface area contributed by atoms with E-state index in [0.717, 1.165) is 0 Å². The number of hydrogen-bond acceptors (Lipinski definition) is 5. The van der Waals surface area contributed by atoms with E-state index in [1.807, 2.05) is 20.8 Å². The monoisotopic (exact) mass is 327 g/mol. The molecule has 0 bridgehead atoms. The van der Waals surface area contributed by atoms with Crippen molar-refractivity contribution in [3.8, 4) is 0 Å². The van der Waals surface area contributed by atoms with Crippen LogP contribution in [0.25, 0.3) is 0 Å². The number of ether oxygens (including phenoxy) is 2. The zero-order chi connectivity index (χ0) is 17.2. The average molecular weight is 327 g/mol. The molecule has 0 spiro atoms. The van der Waals surface area contributed by atoms with E-state index in [2.05, 4.69) is 4.74 Å². The molecule has 8 nitrogen and oxygen atoms in total. The highest BCUT2D eigenvalue weighted by Crippen LogP contribution is 2.22. The number of methoxy groups -OCH3 is 1. The number of carbonyl (C=O) groups excluding carboxylic acids is 3. The molecule has 2 fully saturated rings. The van der Waals surface area contributed by atoms with E-state index in [1.54, 1.807) is 14.7 Å². The highest BCUT2D eigenvalue weighted by molar-refractivity contribution is 5.79. The van der Waals surface area contributed by atoms with Gasteiger partial charge in [-0.15, -0.1) is 0 Å². The van der Waals surface area contributed by atoms with Crippen molar-refractivity contribution < 1.29 is 23.9 Å². The predicted octanol–water partition coefficient (Wildman–Crippen LogP) is 0.906. The summed E-state index contributed by atoms with van der Waals surface area (Å²) < 4.78 is 9.98. The Morgan fingerprint density at radius 3 is 2.52 bits per heavy atom. The van der Waals surface area contributed by atoms with Gasteiger partial charge in [0.05, 0.1) is 19.6 Å². The zero-order valence-corrected chi connectivity index (χ0v) is 14.2. The van der Waals surface area contributed by atoms with Crippen molar-refractivity contribution >= 4 is 18.1 Å². The maximum absolute atomic E-state index is 12.3. The predicted molar refractivity (Wildman–Crippen MR) is 81.9 cm³/mol. The quantitative estimate of drug-likeness (QED) is 0.720. The summed E-state index contributed by atoms with van der Waals surface area (Å²) in [5, 5.41) is 0. The van der Waals surface area contributed by atoms with Gasteiger partial charge in [-0.1, -0.05) is 0 Å². The van der Waals surface area contributed by atoms with Crippen LogP contribution in [0, 0.1) is 0 Å². The van der Waals surface area contributed by atoms with Gasteiger partial charge in [-0.3, -0.25) is 4.79 Å². The zero-order valence-electron chi connectivity index (χ0n) is 14.2. The van der Waals surface area contributed by atoms with Crippen LogP contribution in [0.2, 0.25) is 0 Å². The van der Waals surface area contributed by atoms with Crippen molar-refractivity contribution in [2.75, 3.05) is 39.8 Å². The van der Waals surface area contributed by atoms with Crippen molar-refractivity contribution in [3.05, 3.63) is 0 Å². The van der Waals surface area contributed by atoms with Gasteiger partial charge in [0.2, 0.25) is 0 Å². The molecule has 0 aromatic rings. The first kappa shape index (κ1) is 17.4. The first-order valence-electron chi connectivity index (χ1n) is 7.81. The third kappa shape index (κ3) is 4.27. The van der Waals surface area contributed by atoms with Gasteiger partial charge < -0.3 is 24.2 Å². The van der Waals surface area contributed by atoms with Crippen molar-refractivity contribution in [2.24, 2.45) is 0 Å². The number of carbonyl (C=O) groups is 3. The van der Waals surface area contributed by atoms with E-state index >= 15 is 0 Å². The Bertz CT molecular complexity index is 488. The van der Waals surface area contributed by atoms with E-state index in [9.17, 15) is 14.4 Å². The maximum Gasteiger partial charge on any atom is 0.410 e. The van der Waals surface area contributed by atoms with Gasteiger partial charge in [-0.05, 0) is 20.8 Å². The van der Waals surface area contributed by atoms with E-state index in [-0.39, 0.29) is 30.6 Å². The van der Waals surface area contributed by atoms with Crippen LogP contribution in [0.3, 0.4) is 0 Å². The molecule has 1 atom stereocenters. The third-order valence-corrected chi connectivity index (χ3v) is 3.90. The Kier molecular flexibility index (Phi) is 5.01. The molecule has 2 rings (SSSR count). The minimum absolute atomic E-state index is 0.0542. The van der Waals surface area contributed by atoms with E-state index in [0.29, 0.717) is 32.7 Å². The van der Waals surface area contributed by atoms with Crippen LogP contribution in [-0.4, -0.2) is 84.3 Å². The second kappa shape index (κ2) is 6.64. The minimum Gasteiger partial charge on any atom is -0.469 e. The molecule has 130 valence electrons. The van der Waals surface area contributed by atoms with Crippen LogP contribution in [0.1, 0.15) is 27.2 Å². The van der Waals surface area contributed by atoms with Gasteiger partial charge >= 0.3 is 18.1 Å². The van der Waals surface area contributed by atoms with Crippen molar-refractivity contribution in [1.82, 2.24) is 14.7 Å². The van der Waals surface area contributed by atoms with E-state index < -0.39 is 5.60 Å². The first-order chi connectivity index (χ1) is 10.7. The normalized spacial score (nSPS) is 21.3. The standard InChI is InChI=1S/C15H25N3O5/c1-15(2,3)23-14(21)17-7-8-18-11(10-17)9-16(13(18)20)6-5-12(19)22-4/h11H,5-10H2,1-4H3/t11-/m1/s1. The number of hydrogen-bond donors (Lipinski definition) is 0. The molecule has 0 saturated carbocycles. The number of urea groups is 1. The summed E-state index contributed by atoms with van der Waals surface area (Å²) in [6, 6.07) is -0.135. The molecule has 0 radical (unpaired) electrons. The van der Waals surface area contributed by atoms with Crippen molar-refractivity contribution in [1.29, 1.82) is 0 Å². The number of rotatable bonds is 3. The summed E-state index contributed by atoms with van der Waals surface area (Å²) in [5.74, 6) is -0.335. The van der Waals surface area contributed by atoms with Crippen molar-refractivity contribution in [2.45, 2.75) is 38.8 Å². The fourth-order valence-corrected chi connectivity index (χ4v) is 2.79. The fourth-order valence-electron chi connectivity index (χ4n) is 2.79. The lowest BCUT2D eigenvalue weighted by atomic mass is 10.2. The summed E-state index contributed by atoms with van der Waals surface area (Å²) in [7, 11) is 1.33. The third-order valence-electron chi connectivity index (χ3n) is 3.90. The Morgan fingerprint density at radius 1 is 1.22 bits per heavy atom. The van der Waals surface area contributed by atoms with E-state index in [4.69, 9.17) is 4.74 Å². The molecule has 0 aromatic heterocycles. The molecule has 23 heavy (non-hydrogen) atoms. The number of fused-ring (bicyclic) bond motifs is 1. The highest BCUT2D eigenvalue weighted by atomic mass is 16.6. The Balaban J connectivity index is 1.90. The summed E-state index contributed by atoms with van der Waals surface area (Å²) >= 11 is 0. The van der Waals surface area contributed by atoms with Crippen LogP contribution in [0.4, 0.5) is 9.59 Å². The van der Waals surface area contributed by atoms with Gasteiger partial charge in [0.15, 0.2) is 0 Å². The molecule has 8 heteroatoms. The topological polar surface area (TPSA) is 79.4 Å². The summed E-state index contributed by atoms with van der Waals surface area (Å²) in [6.07, 6.45) is -0.170. The van der Waals surface area contributed by atoms with Crippen LogP contribution >= 0.6 is 0 Å². The highest BCUT2D eigenvalue weighted by Gasteiger charge is 2.42. The van der Waals surface area contributed by atoms with Crippen LogP contribution < -0.4 is 0 Å². The molecule has 0 aliphatic carbocycles. The average Bonchev–Trinajstić information content (AvgIpc) is 2.79. The lowest BCUT2D eigenvalue weighted by molar-refractivity contribution is -0.140. The lowest BCUT2D eigenvalue weighted by Crippen LogP contribution is -2.54. The molecular weight excluding hydrogens is 302 g/mol. The molecule has 2 saturated heterocycles. The fraction of sp³-hybridized carbons (Fsp3) is 0.800. The maximum atomic E-state index is 12.3. The van der Waals surface area contributed by atoms with Crippen LogP contribution in [0.5, 0.6) is 0 Å². The Hall–Kier alpha value is -1.99. The second-order valence-electron chi connectivity index (χ2n) is 6.83. The molecule has 0 unspecified atom stereocenters. The van der Waals surface area contributed by atoms with Gasteiger partial charge in [0.1, 0.15) is 5.60 Å². The molecule has 2 aliphatic rings. The van der Waals surface area contributed by atoms with Crippen molar-refractivity contribution in [3.63, 3.8) is 0 Å². The number of esters is 1. The van der Waals surface area contributed by atoms with Crippen LogP contribution in [-0.2, 0) is 14.3 Å². The van der Waals surface area contributed by atoms with Gasteiger partial charge in [0.25, 0.3) is 0 Å². The first-order valence-corrected chi connectivity index (χ1v) is 7.81.